The molecular formula is C14H17N3O. The summed E-state index contributed by atoms with van der Waals surface area (Å²) in [6.45, 7) is 4.99. The Hall–Kier alpha value is -1.86. The topological polar surface area (TPSA) is 47.3 Å². The van der Waals surface area contributed by atoms with E-state index in [1.807, 2.05) is 6.07 Å². The van der Waals surface area contributed by atoms with E-state index in [2.05, 4.69) is 29.8 Å². The molecule has 1 aromatic rings. The Morgan fingerprint density at radius 2 is 2.22 bits per heavy atom. The molecule has 1 atom stereocenters. The van der Waals surface area contributed by atoms with Crippen molar-refractivity contribution in [2.24, 2.45) is 0 Å². The number of hydrogen-bond acceptors (Lipinski definition) is 4. The number of aldehydes is 1. The fourth-order valence-electron chi connectivity index (χ4n) is 2.26. The second kappa shape index (κ2) is 5.19. The third kappa shape index (κ3) is 2.36. The summed E-state index contributed by atoms with van der Waals surface area (Å²) in [4.78, 5) is 15.3. The van der Waals surface area contributed by atoms with Gasteiger partial charge < -0.3 is 9.80 Å². The van der Waals surface area contributed by atoms with E-state index in [0.29, 0.717) is 17.2 Å². The molecule has 0 radical (unpaired) electrons. The number of likely N-dealkylation sites (N-methyl/N-ethyl adjacent to an activating group) is 1. The molecule has 1 aromatic carbocycles. The number of hydrogen-bond donors (Lipinski definition) is 0. The number of anilines is 1. The molecule has 0 amide bonds. The van der Waals surface area contributed by atoms with Crippen LogP contribution in [0.25, 0.3) is 0 Å². The lowest BCUT2D eigenvalue weighted by molar-refractivity contribution is 0.112. The molecule has 1 saturated heterocycles. The van der Waals surface area contributed by atoms with Crippen LogP contribution in [0, 0.1) is 11.3 Å². The molecule has 94 valence electrons. The zero-order valence-corrected chi connectivity index (χ0v) is 10.8. The van der Waals surface area contributed by atoms with Gasteiger partial charge in [-0.05, 0) is 32.2 Å². The summed E-state index contributed by atoms with van der Waals surface area (Å²) >= 11 is 0. The molecule has 0 spiro atoms. The lowest BCUT2D eigenvalue weighted by Gasteiger charge is -2.39. The molecule has 1 aliphatic heterocycles. The monoisotopic (exact) mass is 243 g/mol. The van der Waals surface area contributed by atoms with Crippen LogP contribution in [0.3, 0.4) is 0 Å². The number of carbonyl (C=O) groups is 1. The maximum atomic E-state index is 10.7. The Labute approximate surface area is 107 Å². The molecule has 0 saturated carbocycles. The molecule has 4 nitrogen and oxygen atoms in total. The van der Waals surface area contributed by atoms with Gasteiger partial charge in [-0.1, -0.05) is 0 Å². The molecular weight excluding hydrogens is 226 g/mol. The van der Waals surface area contributed by atoms with E-state index in [-0.39, 0.29) is 0 Å². The Morgan fingerprint density at radius 1 is 1.44 bits per heavy atom. The van der Waals surface area contributed by atoms with Gasteiger partial charge in [0.05, 0.1) is 11.3 Å². The third-order valence-electron chi connectivity index (χ3n) is 3.58. The van der Waals surface area contributed by atoms with E-state index in [1.165, 1.54) is 0 Å². The lowest BCUT2D eigenvalue weighted by atomic mass is 10.1. The van der Waals surface area contributed by atoms with E-state index >= 15 is 0 Å². The quantitative estimate of drug-likeness (QED) is 0.739. The van der Waals surface area contributed by atoms with Gasteiger partial charge in [-0.3, -0.25) is 4.79 Å². The van der Waals surface area contributed by atoms with Gasteiger partial charge in [-0.25, -0.2) is 0 Å². The summed E-state index contributed by atoms with van der Waals surface area (Å²) in [5.41, 5.74) is 2.07. The van der Waals surface area contributed by atoms with E-state index in [4.69, 9.17) is 0 Å². The van der Waals surface area contributed by atoms with Gasteiger partial charge in [0.15, 0.2) is 0 Å². The van der Waals surface area contributed by atoms with Gasteiger partial charge in [-0.15, -0.1) is 0 Å². The lowest BCUT2D eigenvalue weighted by Crippen LogP contribution is -2.50. The van der Waals surface area contributed by atoms with Crippen LogP contribution in [0.15, 0.2) is 18.2 Å². The van der Waals surface area contributed by atoms with Crippen molar-refractivity contribution in [3.8, 4) is 6.07 Å². The fraction of sp³-hybridized carbons (Fsp3) is 0.429. The number of nitriles is 1. The minimum atomic E-state index is 0.469. The zero-order valence-electron chi connectivity index (χ0n) is 10.8. The van der Waals surface area contributed by atoms with Gasteiger partial charge in [0, 0.05) is 31.2 Å². The average Bonchev–Trinajstić information content (AvgIpc) is 2.41. The van der Waals surface area contributed by atoms with Gasteiger partial charge in [0.25, 0.3) is 0 Å². The van der Waals surface area contributed by atoms with Crippen LogP contribution in [0.2, 0.25) is 0 Å². The number of carbonyl (C=O) groups excluding carboxylic acids is 1. The summed E-state index contributed by atoms with van der Waals surface area (Å²) < 4.78 is 0. The molecule has 1 aliphatic rings. The molecule has 1 heterocycles. The average molecular weight is 243 g/mol. The molecule has 0 aliphatic carbocycles. The zero-order chi connectivity index (χ0) is 13.1. The summed E-state index contributed by atoms with van der Waals surface area (Å²) in [6, 6.07) is 7.95. The third-order valence-corrected chi connectivity index (χ3v) is 3.58. The first kappa shape index (κ1) is 12.6. The van der Waals surface area contributed by atoms with Crippen LogP contribution in [0.5, 0.6) is 0 Å². The number of piperazine rings is 1. The van der Waals surface area contributed by atoms with Crippen molar-refractivity contribution in [2.75, 3.05) is 31.6 Å². The Balaban J connectivity index is 2.28. The highest BCUT2D eigenvalue weighted by atomic mass is 16.1. The van der Waals surface area contributed by atoms with Crippen molar-refractivity contribution >= 4 is 12.0 Å². The molecule has 2 rings (SSSR count). The maximum absolute atomic E-state index is 10.7. The van der Waals surface area contributed by atoms with Crippen LogP contribution in [0.1, 0.15) is 22.8 Å². The summed E-state index contributed by atoms with van der Waals surface area (Å²) in [5.74, 6) is 0. The van der Waals surface area contributed by atoms with Crippen molar-refractivity contribution in [1.29, 1.82) is 5.26 Å². The Bertz CT molecular complexity index is 492. The molecule has 1 fully saturated rings. The highest BCUT2D eigenvalue weighted by molar-refractivity contribution is 5.78. The first-order valence-corrected chi connectivity index (χ1v) is 6.10. The SMILES string of the molecule is CC1CN(c2ccc(C=O)cc2C#N)CCN1C. The Kier molecular flexibility index (Phi) is 3.63. The number of rotatable bonds is 2. The summed E-state index contributed by atoms with van der Waals surface area (Å²) in [7, 11) is 2.11. The maximum Gasteiger partial charge on any atom is 0.150 e. The summed E-state index contributed by atoms with van der Waals surface area (Å²) in [6.07, 6.45) is 0.775. The van der Waals surface area contributed by atoms with Crippen LogP contribution in [-0.2, 0) is 0 Å². The molecule has 4 heteroatoms. The van der Waals surface area contributed by atoms with E-state index in [1.54, 1.807) is 12.1 Å². The highest BCUT2D eigenvalue weighted by Crippen LogP contribution is 2.23. The van der Waals surface area contributed by atoms with Crippen LogP contribution < -0.4 is 4.90 Å². The minimum Gasteiger partial charge on any atom is -0.368 e. The molecule has 0 N–H and O–H groups in total. The molecule has 1 unspecified atom stereocenters. The van der Waals surface area contributed by atoms with Crippen molar-refractivity contribution in [3.05, 3.63) is 29.3 Å². The van der Waals surface area contributed by atoms with Crippen LogP contribution >= 0.6 is 0 Å². The predicted molar refractivity (Wildman–Crippen MR) is 70.8 cm³/mol. The smallest absolute Gasteiger partial charge is 0.150 e. The molecule has 18 heavy (non-hydrogen) atoms. The molecule has 0 bridgehead atoms. The van der Waals surface area contributed by atoms with E-state index in [0.717, 1.165) is 31.6 Å². The first-order chi connectivity index (χ1) is 8.65. The van der Waals surface area contributed by atoms with Crippen LogP contribution in [-0.4, -0.2) is 43.9 Å². The van der Waals surface area contributed by atoms with Crippen molar-refractivity contribution in [3.63, 3.8) is 0 Å². The fourth-order valence-corrected chi connectivity index (χ4v) is 2.26. The van der Waals surface area contributed by atoms with Crippen molar-refractivity contribution in [1.82, 2.24) is 4.90 Å². The Morgan fingerprint density at radius 3 is 2.83 bits per heavy atom. The number of benzene rings is 1. The normalized spacial score (nSPS) is 20.5. The minimum absolute atomic E-state index is 0.469. The highest BCUT2D eigenvalue weighted by Gasteiger charge is 2.22. The second-order valence-corrected chi connectivity index (χ2v) is 4.78. The van der Waals surface area contributed by atoms with Gasteiger partial charge in [0.1, 0.15) is 12.4 Å². The first-order valence-electron chi connectivity index (χ1n) is 6.10. The molecule has 0 aromatic heterocycles. The van der Waals surface area contributed by atoms with E-state index < -0.39 is 0 Å². The second-order valence-electron chi connectivity index (χ2n) is 4.78. The van der Waals surface area contributed by atoms with Crippen molar-refractivity contribution < 1.29 is 4.79 Å². The van der Waals surface area contributed by atoms with Gasteiger partial charge >= 0.3 is 0 Å². The predicted octanol–water partition coefficient (Wildman–Crippen LogP) is 1.51. The van der Waals surface area contributed by atoms with Crippen LogP contribution in [0.4, 0.5) is 5.69 Å². The van der Waals surface area contributed by atoms with Gasteiger partial charge in [-0.2, -0.15) is 5.26 Å². The number of nitrogens with zero attached hydrogens (tertiary/aromatic N) is 3. The van der Waals surface area contributed by atoms with Gasteiger partial charge in [0.2, 0.25) is 0 Å². The van der Waals surface area contributed by atoms with Crippen molar-refractivity contribution in [2.45, 2.75) is 13.0 Å². The standard InChI is InChI=1S/C14H17N3O/c1-11-9-17(6-5-16(11)2)14-4-3-12(10-18)7-13(14)8-15/h3-4,7,10-11H,5-6,9H2,1-2H3. The summed E-state index contributed by atoms with van der Waals surface area (Å²) in [5, 5.41) is 9.18. The largest absolute Gasteiger partial charge is 0.368 e. The van der Waals surface area contributed by atoms with E-state index in [9.17, 15) is 10.1 Å².